The second kappa shape index (κ2) is 7.61. The van der Waals surface area contributed by atoms with Gasteiger partial charge in [-0.3, -0.25) is 4.79 Å². The molecular weight excluding hydrogens is 326 g/mol. The Balaban J connectivity index is 1.65. The molecule has 2 aromatic heterocycles. The fourth-order valence-corrected chi connectivity index (χ4v) is 2.36. The Kier molecular flexibility index (Phi) is 5.08. The molecule has 7 heteroatoms. The van der Waals surface area contributed by atoms with Crippen LogP contribution in [0.15, 0.2) is 65.7 Å². The summed E-state index contributed by atoms with van der Waals surface area (Å²) in [7, 11) is 0. The zero-order valence-corrected chi connectivity index (χ0v) is 13.6. The van der Waals surface area contributed by atoms with Crippen LogP contribution in [0.3, 0.4) is 0 Å². The van der Waals surface area contributed by atoms with Crippen molar-refractivity contribution < 1.29 is 0 Å². The standard InChI is InChI=1S/C17H16ClN5O/c18-16-14(19-10-11-21-15-8-4-5-9-20-15)12-22-23(17(16)24)13-6-2-1-3-7-13/h1-9,12,19H,10-11H2,(H,20,21). The first kappa shape index (κ1) is 16.0. The lowest BCUT2D eigenvalue weighted by Crippen LogP contribution is -2.23. The maximum absolute atomic E-state index is 12.3. The third-order valence-electron chi connectivity index (χ3n) is 3.33. The van der Waals surface area contributed by atoms with Gasteiger partial charge in [-0.15, -0.1) is 0 Å². The highest BCUT2D eigenvalue weighted by atomic mass is 35.5. The van der Waals surface area contributed by atoms with Crippen molar-refractivity contribution in [2.75, 3.05) is 23.7 Å². The van der Waals surface area contributed by atoms with Crippen LogP contribution in [0.5, 0.6) is 0 Å². The average Bonchev–Trinajstić information content (AvgIpc) is 2.64. The molecule has 0 aliphatic carbocycles. The van der Waals surface area contributed by atoms with Gasteiger partial charge in [-0.25, -0.2) is 4.98 Å². The molecule has 0 atom stereocenters. The minimum Gasteiger partial charge on any atom is -0.381 e. The van der Waals surface area contributed by atoms with Gasteiger partial charge in [0.1, 0.15) is 10.8 Å². The third kappa shape index (κ3) is 3.72. The van der Waals surface area contributed by atoms with Gasteiger partial charge in [0.05, 0.1) is 17.6 Å². The molecule has 0 aliphatic heterocycles. The van der Waals surface area contributed by atoms with Crippen molar-refractivity contribution in [3.05, 3.63) is 76.3 Å². The van der Waals surface area contributed by atoms with Gasteiger partial charge in [-0.2, -0.15) is 9.78 Å². The van der Waals surface area contributed by atoms with E-state index in [0.717, 1.165) is 5.82 Å². The van der Waals surface area contributed by atoms with Gasteiger partial charge in [-0.05, 0) is 24.3 Å². The average molecular weight is 342 g/mol. The summed E-state index contributed by atoms with van der Waals surface area (Å²) in [4.78, 5) is 16.5. The highest BCUT2D eigenvalue weighted by Gasteiger charge is 2.10. The molecule has 0 unspecified atom stereocenters. The summed E-state index contributed by atoms with van der Waals surface area (Å²) >= 11 is 6.18. The summed E-state index contributed by atoms with van der Waals surface area (Å²) in [5.74, 6) is 0.794. The van der Waals surface area contributed by atoms with E-state index in [0.29, 0.717) is 24.5 Å². The molecule has 0 saturated carbocycles. The van der Waals surface area contributed by atoms with Crippen molar-refractivity contribution in [1.82, 2.24) is 14.8 Å². The highest BCUT2D eigenvalue weighted by molar-refractivity contribution is 6.32. The maximum Gasteiger partial charge on any atom is 0.292 e. The minimum absolute atomic E-state index is 0.117. The van der Waals surface area contributed by atoms with Crippen molar-refractivity contribution >= 4 is 23.1 Å². The summed E-state index contributed by atoms with van der Waals surface area (Å²) in [5, 5.41) is 10.6. The van der Waals surface area contributed by atoms with Crippen LogP contribution >= 0.6 is 11.6 Å². The van der Waals surface area contributed by atoms with E-state index in [1.54, 1.807) is 24.5 Å². The monoisotopic (exact) mass is 341 g/mol. The number of rotatable bonds is 6. The number of hydrogen-bond acceptors (Lipinski definition) is 5. The molecular formula is C17H16ClN5O. The lowest BCUT2D eigenvalue weighted by atomic mass is 10.3. The van der Waals surface area contributed by atoms with Crippen LogP contribution < -0.4 is 16.2 Å². The molecule has 0 radical (unpaired) electrons. The smallest absolute Gasteiger partial charge is 0.292 e. The number of anilines is 2. The third-order valence-corrected chi connectivity index (χ3v) is 3.70. The Morgan fingerprint density at radius 3 is 2.50 bits per heavy atom. The van der Waals surface area contributed by atoms with E-state index < -0.39 is 0 Å². The van der Waals surface area contributed by atoms with Gasteiger partial charge in [0.2, 0.25) is 0 Å². The summed E-state index contributed by atoms with van der Waals surface area (Å²) < 4.78 is 1.28. The molecule has 2 heterocycles. The minimum atomic E-state index is -0.356. The van der Waals surface area contributed by atoms with E-state index >= 15 is 0 Å². The van der Waals surface area contributed by atoms with Crippen LogP contribution in [0.2, 0.25) is 5.02 Å². The van der Waals surface area contributed by atoms with E-state index in [2.05, 4.69) is 20.7 Å². The summed E-state index contributed by atoms with van der Waals surface area (Å²) in [6.07, 6.45) is 3.28. The van der Waals surface area contributed by atoms with Gasteiger partial charge in [0.25, 0.3) is 5.56 Å². The Hall–Kier alpha value is -2.86. The predicted molar refractivity (Wildman–Crippen MR) is 96.1 cm³/mol. The molecule has 2 N–H and O–H groups in total. The van der Waals surface area contributed by atoms with E-state index in [-0.39, 0.29) is 10.6 Å². The first-order valence-corrected chi connectivity index (χ1v) is 7.85. The number of nitrogens with one attached hydrogen (secondary N) is 2. The highest BCUT2D eigenvalue weighted by Crippen LogP contribution is 2.16. The molecule has 0 aliphatic rings. The van der Waals surface area contributed by atoms with E-state index in [9.17, 15) is 4.79 Å². The molecule has 0 spiro atoms. The fraction of sp³-hybridized carbons (Fsp3) is 0.118. The van der Waals surface area contributed by atoms with Crippen molar-refractivity contribution in [2.24, 2.45) is 0 Å². The Bertz CT molecular complexity index is 852. The normalized spacial score (nSPS) is 10.4. The Morgan fingerprint density at radius 1 is 1.00 bits per heavy atom. The molecule has 6 nitrogen and oxygen atoms in total. The lowest BCUT2D eigenvalue weighted by Gasteiger charge is -2.11. The second-order valence-electron chi connectivity index (χ2n) is 4.99. The van der Waals surface area contributed by atoms with Gasteiger partial charge < -0.3 is 10.6 Å². The number of benzene rings is 1. The number of aromatic nitrogens is 3. The molecule has 0 amide bonds. The van der Waals surface area contributed by atoms with Gasteiger partial charge in [0, 0.05) is 19.3 Å². The van der Waals surface area contributed by atoms with Gasteiger partial charge in [-0.1, -0.05) is 35.9 Å². The summed E-state index contributed by atoms with van der Waals surface area (Å²) in [6.45, 7) is 1.21. The second-order valence-corrected chi connectivity index (χ2v) is 5.37. The number of nitrogens with zero attached hydrogens (tertiary/aromatic N) is 3. The quantitative estimate of drug-likeness (QED) is 0.674. The maximum atomic E-state index is 12.3. The van der Waals surface area contributed by atoms with Crippen LogP contribution in [0.4, 0.5) is 11.5 Å². The zero-order chi connectivity index (χ0) is 16.8. The van der Waals surface area contributed by atoms with Gasteiger partial charge >= 0.3 is 0 Å². The van der Waals surface area contributed by atoms with E-state index in [4.69, 9.17) is 11.6 Å². The number of pyridine rings is 1. The lowest BCUT2D eigenvalue weighted by molar-refractivity contribution is 0.807. The zero-order valence-electron chi connectivity index (χ0n) is 12.8. The topological polar surface area (TPSA) is 71.8 Å². The van der Waals surface area contributed by atoms with Crippen molar-refractivity contribution in [1.29, 1.82) is 0 Å². The number of hydrogen-bond donors (Lipinski definition) is 2. The van der Waals surface area contributed by atoms with Crippen LogP contribution in [0.25, 0.3) is 5.69 Å². The molecule has 0 bridgehead atoms. The van der Waals surface area contributed by atoms with Crippen LogP contribution in [0.1, 0.15) is 0 Å². The van der Waals surface area contributed by atoms with E-state index in [1.165, 1.54) is 4.68 Å². The SMILES string of the molecule is O=c1c(Cl)c(NCCNc2ccccn2)cnn1-c1ccccc1. The Morgan fingerprint density at radius 2 is 1.75 bits per heavy atom. The molecule has 3 aromatic rings. The van der Waals surface area contributed by atoms with Crippen molar-refractivity contribution in [2.45, 2.75) is 0 Å². The van der Waals surface area contributed by atoms with Crippen LogP contribution in [0, 0.1) is 0 Å². The molecule has 3 rings (SSSR count). The molecule has 1 aromatic carbocycles. The number of halogens is 1. The Labute approximate surface area is 144 Å². The van der Waals surface area contributed by atoms with Gasteiger partial charge in [0.15, 0.2) is 0 Å². The number of para-hydroxylation sites is 1. The largest absolute Gasteiger partial charge is 0.381 e. The first-order chi connectivity index (χ1) is 11.8. The van der Waals surface area contributed by atoms with E-state index in [1.807, 2.05) is 36.4 Å². The van der Waals surface area contributed by atoms with Crippen molar-refractivity contribution in [3.8, 4) is 5.69 Å². The molecule has 24 heavy (non-hydrogen) atoms. The van der Waals surface area contributed by atoms with Crippen molar-refractivity contribution in [3.63, 3.8) is 0 Å². The first-order valence-electron chi connectivity index (χ1n) is 7.48. The molecule has 0 saturated heterocycles. The van der Waals surface area contributed by atoms with Crippen LogP contribution in [-0.2, 0) is 0 Å². The molecule has 0 fully saturated rings. The summed E-state index contributed by atoms with van der Waals surface area (Å²) in [5.41, 5.74) is 0.829. The summed E-state index contributed by atoms with van der Waals surface area (Å²) in [6, 6.07) is 14.8. The predicted octanol–water partition coefficient (Wildman–Crippen LogP) is 2.80. The molecule has 122 valence electrons. The van der Waals surface area contributed by atoms with Crippen LogP contribution in [-0.4, -0.2) is 27.9 Å². The fourth-order valence-electron chi connectivity index (χ4n) is 2.16.